The lowest BCUT2D eigenvalue weighted by Gasteiger charge is -2.29. The van der Waals surface area contributed by atoms with Crippen LogP contribution < -0.4 is 20.3 Å². The fraction of sp³-hybridized carbons (Fsp3) is 0.474. The average molecular weight is 397 g/mol. The molecule has 7 nitrogen and oxygen atoms in total. The Labute approximate surface area is 164 Å². The highest BCUT2D eigenvalue weighted by atomic mass is 35.5. The first-order valence-electron chi connectivity index (χ1n) is 9.11. The summed E-state index contributed by atoms with van der Waals surface area (Å²) in [5.41, 5.74) is 1.10. The molecule has 1 unspecified atom stereocenters. The molecule has 27 heavy (non-hydrogen) atoms. The van der Waals surface area contributed by atoms with Crippen molar-refractivity contribution in [2.75, 3.05) is 33.4 Å². The second-order valence-electron chi connectivity index (χ2n) is 6.36. The van der Waals surface area contributed by atoms with Crippen LogP contribution in [-0.4, -0.2) is 51.4 Å². The summed E-state index contributed by atoms with van der Waals surface area (Å²) in [6.07, 6.45) is 0.615. The average Bonchev–Trinajstić information content (AvgIpc) is 2.63. The second kappa shape index (κ2) is 10.2. The third kappa shape index (κ3) is 6.15. The largest absolute Gasteiger partial charge is 0.488 e. The first-order valence-corrected chi connectivity index (χ1v) is 9.49. The molecule has 148 valence electrons. The quantitative estimate of drug-likeness (QED) is 0.547. The molecule has 0 saturated carbocycles. The number of hydrogen-bond acceptors (Lipinski definition) is 4. The smallest absolute Gasteiger partial charge is 0.338 e. The molecule has 3 N–H and O–H groups in total. The molecule has 0 spiro atoms. The van der Waals surface area contributed by atoms with Crippen LogP contribution in [0.25, 0.3) is 0 Å². The van der Waals surface area contributed by atoms with Gasteiger partial charge in [0.2, 0.25) is 0 Å². The van der Waals surface area contributed by atoms with E-state index in [0.717, 1.165) is 10.6 Å². The Morgan fingerprint density at radius 2 is 1.96 bits per heavy atom. The molecule has 1 aromatic carbocycles. The molecule has 0 bridgehead atoms. The summed E-state index contributed by atoms with van der Waals surface area (Å²) in [5.74, 6) is 0.358. The van der Waals surface area contributed by atoms with Gasteiger partial charge in [0.05, 0.1) is 31.0 Å². The van der Waals surface area contributed by atoms with Crippen LogP contribution in [0.5, 0.6) is 5.75 Å². The molecule has 2 rings (SSSR count). The van der Waals surface area contributed by atoms with Gasteiger partial charge in [-0.05, 0) is 37.6 Å². The van der Waals surface area contributed by atoms with Crippen LogP contribution in [0.3, 0.4) is 0 Å². The van der Waals surface area contributed by atoms with Crippen molar-refractivity contribution in [3.63, 3.8) is 0 Å². The Hall–Kier alpha value is -2.25. The minimum absolute atomic E-state index is 0.289. The van der Waals surface area contributed by atoms with Gasteiger partial charge in [-0.1, -0.05) is 18.5 Å². The molecule has 0 aliphatic carbocycles. The molecule has 2 amide bonds. The van der Waals surface area contributed by atoms with Gasteiger partial charge in [0.25, 0.3) is 0 Å². The maximum atomic E-state index is 12.4. The number of hydrogen-bond donors (Lipinski definition) is 3. The number of carbonyl (C=O) groups excluding carboxylic acids is 2. The molecule has 2 atom stereocenters. The van der Waals surface area contributed by atoms with Gasteiger partial charge < -0.3 is 25.0 Å². The van der Waals surface area contributed by atoms with E-state index in [9.17, 15) is 9.59 Å². The number of quaternary nitrogens is 1. The van der Waals surface area contributed by atoms with E-state index in [1.807, 2.05) is 26.1 Å². The van der Waals surface area contributed by atoms with Crippen LogP contribution in [0.1, 0.15) is 20.3 Å². The molecular formula is C19H27ClN3O4+. The van der Waals surface area contributed by atoms with Gasteiger partial charge in [-0.2, -0.15) is 0 Å². The van der Waals surface area contributed by atoms with E-state index in [4.69, 9.17) is 21.1 Å². The van der Waals surface area contributed by atoms with Crippen LogP contribution in [0.15, 0.2) is 35.5 Å². The number of carbonyl (C=O) groups is 2. The number of esters is 1. The molecule has 0 saturated heterocycles. The Bertz CT molecular complexity index is 691. The summed E-state index contributed by atoms with van der Waals surface area (Å²) in [6, 6.07) is 6.55. The second-order valence-corrected chi connectivity index (χ2v) is 6.79. The standard InChI is InChI=1S/C19H26ClN3O4/c1-4-15-17(18(24)26-5-2)16(22-19(25)21-15)12-23(3)10-11-27-14-8-6-13(20)7-9-14/h6-9,15H,4-5,10-12H2,1-3H3,(H2,21,22,25)/p+1/t15-/m0/s1. The van der Waals surface area contributed by atoms with Gasteiger partial charge in [0.1, 0.15) is 25.4 Å². The van der Waals surface area contributed by atoms with Crippen molar-refractivity contribution < 1.29 is 24.0 Å². The summed E-state index contributed by atoms with van der Waals surface area (Å²) in [5, 5.41) is 6.20. The predicted octanol–water partition coefficient (Wildman–Crippen LogP) is 1.14. The molecule has 1 heterocycles. The summed E-state index contributed by atoms with van der Waals surface area (Å²) in [7, 11) is 1.98. The molecule has 1 aromatic rings. The Morgan fingerprint density at radius 3 is 2.59 bits per heavy atom. The van der Waals surface area contributed by atoms with Gasteiger partial charge in [0, 0.05) is 5.02 Å². The molecule has 0 radical (unpaired) electrons. The first kappa shape index (κ1) is 21.1. The van der Waals surface area contributed by atoms with E-state index in [1.54, 1.807) is 19.1 Å². The zero-order valence-corrected chi connectivity index (χ0v) is 16.7. The molecular weight excluding hydrogens is 370 g/mol. The Balaban J connectivity index is 2.00. The summed E-state index contributed by atoms with van der Waals surface area (Å²) < 4.78 is 10.9. The molecule has 0 aromatic heterocycles. The highest BCUT2D eigenvalue weighted by molar-refractivity contribution is 6.30. The maximum absolute atomic E-state index is 12.4. The molecule has 8 heteroatoms. The Kier molecular flexibility index (Phi) is 7.94. The minimum atomic E-state index is -0.392. The van der Waals surface area contributed by atoms with Gasteiger partial charge in [0.15, 0.2) is 0 Å². The molecule has 0 fully saturated rings. The zero-order valence-electron chi connectivity index (χ0n) is 15.9. The van der Waals surface area contributed by atoms with E-state index in [0.29, 0.717) is 42.4 Å². The lowest BCUT2D eigenvalue weighted by molar-refractivity contribution is -0.874. The van der Waals surface area contributed by atoms with Crippen LogP contribution in [0.2, 0.25) is 5.02 Å². The monoisotopic (exact) mass is 396 g/mol. The fourth-order valence-electron chi connectivity index (χ4n) is 2.87. The van der Waals surface area contributed by atoms with Crippen molar-refractivity contribution in [2.24, 2.45) is 0 Å². The van der Waals surface area contributed by atoms with Gasteiger partial charge >= 0.3 is 12.0 Å². The van der Waals surface area contributed by atoms with Gasteiger partial charge in [-0.15, -0.1) is 0 Å². The van der Waals surface area contributed by atoms with Crippen LogP contribution in [-0.2, 0) is 9.53 Å². The van der Waals surface area contributed by atoms with Crippen molar-refractivity contribution >= 4 is 23.6 Å². The lowest BCUT2D eigenvalue weighted by atomic mass is 10.00. The molecule has 1 aliphatic heterocycles. The summed E-state index contributed by atoms with van der Waals surface area (Å²) in [4.78, 5) is 25.4. The Morgan fingerprint density at radius 1 is 1.26 bits per heavy atom. The van der Waals surface area contributed by atoms with E-state index >= 15 is 0 Å². The van der Waals surface area contributed by atoms with Crippen LogP contribution >= 0.6 is 11.6 Å². The van der Waals surface area contributed by atoms with E-state index in [-0.39, 0.29) is 18.7 Å². The number of nitrogens with one attached hydrogen (secondary N) is 3. The lowest BCUT2D eigenvalue weighted by Crippen LogP contribution is -3.10. The van der Waals surface area contributed by atoms with Crippen molar-refractivity contribution in [2.45, 2.75) is 26.3 Å². The predicted molar refractivity (Wildman–Crippen MR) is 103 cm³/mol. The van der Waals surface area contributed by atoms with Crippen molar-refractivity contribution in [1.29, 1.82) is 0 Å². The van der Waals surface area contributed by atoms with Crippen molar-refractivity contribution in [1.82, 2.24) is 10.6 Å². The van der Waals surface area contributed by atoms with Crippen molar-refractivity contribution in [3.8, 4) is 5.75 Å². The molecule has 1 aliphatic rings. The number of ether oxygens (including phenoxy) is 2. The minimum Gasteiger partial charge on any atom is -0.488 e. The number of amides is 2. The summed E-state index contributed by atoms with van der Waals surface area (Å²) >= 11 is 5.86. The third-order valence-electron chi connectivity index (χ3n) is 4.24. The number of halogens is 1. The highest BCUT2D eigenvalue weighted by Crippen LogP contribution is 2.16. The van der Waals surface area contributed by atoms with Crippen LogP contribution in [0.4, 0.5) is 4.79 Å². The van der Waals surface area contributed by atoms with Gasteiger partial charge in [-0.25, -0.2) is 9.59 Å². The number of likely N-dealkylation sites (N-methyl/N-ethyl adjacent to an activating group) is 1. The number of urea groups is 1. The highest BCUT2D eigenvalue weighted by Gasteiger charge is 2.32. The number of benzene rings is 1. The van der Waals surface area contributed by atoms with E-state index in [2.05, 4.69) is 10.6 Å². The van der Waals surface area contributed by atoms with Gasteiger partial charge in [-0.3, -0.25) is 0 Å². The fourth-order valence-corrected chi connectivity index (χ4v) is 2.99. The van der Waals surface area contributed by atoms with Crippen molar-refractivity contribution in [3.05, 3.63) is 40.6 Å². The normalized spacial score (nSPS) is 17.8. The topological polar surface area (TPSA) is 81.1 Å². The maximum Gasteiger partial charge on any atom is 0.338 e. The van der Waals surface area contributed by atoms with Crippen LogP contribution in [0, 0.1) is 0 Å². The van der Waals surface area contributed by atoms with E-state index in [1.165, 1.54) is 0 Å². The SMILES string of the molecule is CCOC(=O)C1=C(C[NH+](C)CCOc2ccc(Cl)cc2)NC(=O)N[C@H]1CC. The third-order valence-corrected chi connectivity index (χ3v) is 4.49. The van der Waals surface area contributed by atoms with E-state index < -0.39 is 5.97 Å². The zero-order chi connectivity index (χ0) is 19.8. The first-order chi connectivity index (χ1) is 12.9. The summed E-state index contributed by atoms with van der Waals surface area (Å²) in [6.45, 7) is 5.66. The number of rotatable bonds is 9.